The third-order valence-electron chi connectivity index (χ3n) is 1.96. The first kappa shape index (κ1) is 18.5. The minimum absolute atomic E-state index is 0. The normalized spacial score (nSPS) is 8.82. The van der Waals surface area contributed by atoms with E-state index in [4.69, 9.17) is 0 Å². The summed E-state index contributed by atoms with van der Waals surface area (Å²) in [5, 5.41) is 5.93. The van der Waals surface area contributed by atoms with Gasteiger partial charge in [0.25, 0.3) is 5.91 Å². The maximum absolute atomic E-state index is 11.6. The minimum Gasteiger partial charge on any atom is -0.349 e. The summed E-state index contributed by atoms with van der Waals surface area (Å²) in [5.41, 5.74) is 1.33. The number of nitrogens with zero attached hydrogens (tertiary/aromatic N) is 1. The highest BCUT2D eigenvalue weighted by atomic mass is 35.5. The highest BCUT2D eigenvalue weighted by molar-refractivity contribution is 5.92. The van der Waals surface area contributed by atoms with Gasteiger partial charge in [-0.1, -0.05) is 13.0 Å². The molecular weight excluding hydrogens is 261 g/mol. The van der Waals surface area contributed by atoms with E-state index in [2.05, 4.69) is 15.6 Å². The molecule has 0 atom stereocenters. The Balaban J connectivity index is 0. The van der Waals surface area contributed by atoms with Gasteiger partial charge >= 0.3 is 0 Å². The number of carbonyl (C=O) groups is 1. The smallest absolute Gasteiger partial charge is 0.269 e. The lowest BCUT2D eigenvalue weighted by Crippen LogP contribution is -2.32. The molecule has 0 unspecified atom stereocenters. The highest BCUT2D eigenvalue weighted by Crippen LogP contribution is 1.97. The lowest BCUT2D eigenvalue weighted by molar-refractivity contribution is 0.0949. The maximum Gasteiger partial charge on any atom is 0.269 e. The van der Waals surface area contributed by atoms with Crippen molar-refractivity contribution in [2.45, 2.75) is 13.8 Å². The van der Waals surface area contributed by atoms with Gasteiger partial charge in [-0.25, -0.2) is 4.98 Å². The first-order valence-electron chi connectivity index (χ1n) is 5.16. The Kier molecular flexibility index (Phi) is 11.2. The lowest BCUT2D eigenvalue weighted by Gasteiger charge is -2.05. The molecule has 2 N–H and O–H groups in total. The average molecular weight is 280 g/mol. The summed E-state index contributed by atoms with van der Waals surface area (Å²) in [4.78, 5) is 15.7. The lowest BCUT2D eigenvalue weighted by atomic mass is 10.3. The molecule has 1 amide bonds. The zero-order valence-electron chi connectivity index (χ0n) is 10.0. The van der Waals surface area contributed by atoms with E-state index in [0.29, 0.717) is 12.2 Å². The highest BCUT2D eigenvalue weighted by Gasteiger charge is 2.05. The number of amides is 1. The molecule has 0 saturated carbocycles. The van der Waals surface area contributed by atoms with E-state index in [-0.39, 0.29) is 30.7 Å². The van der Waals surface area contributed by atoms with Crippen LogP contribution in [-0.2, 0) is 0 Å². The number of carbonyl (C=O) groups excluding carboxylic acids is 1. The number of rotatable bonds is 5. The van der Waals surface area contributed by atoms with Crippen LogP contribution in [0.15, 0.2) is 18.2 Å². The molecule has 0 aromatic carbocycles. The van der Waals surface area contributed by atoms with Gasteiger partial charge in [-0.2, -0.15) is 0 Å². The summed E-state index contributed by atoms with van der Waals surface area (Å²) in [6, 6.07) is 5.42. The molecule has 17 heavy (non-hydrogen) atoms. The number of hydrogen-bond acceptors (Lipinski definition) is 3. The van der Waals surface area contributed by atoms with Crippen molar-refractivity contribution in [3.8, 4) is 0 Å². The number of nitrogens with one attached hydrogen (secondary N) is 2. The van der Waals surface area contributed by atoms with Crippen molar-refractivity contribution < 1.29 is 4.79 Å². The van der Waals surface area contributed by atoms with Crippen molar-refractivity contribution in [2.75, 3.05) is 19.6 Å². The van der Waals surface area contributed by atoms with E-state index >= 15 is 0 Å². The summed E-state index contributed by atoms with van der Waals surface area (Å²) in [6.07, 6.45) is 0. The number of hydrogen-bond donors (Lipinski definition) is 2. The van der Waals surface area contributed by atoms with E-state index in [0.717, 1.165) is 18.8 Å². The number of likely N-dealkylation sites (N-methyl/N-ethyl adjacent to an activating group) is 1. The molecule has 0 spiro atoms. The Morgan fingerprint density at radius 2 is 2.00 bits per heavy atom. The second-order valence-electron chi connectivity index (χ2n) is 3.27. The van der Waals surface area contributed by atoms with Crippen LogP contribution in [0.4, 0.5) is 0 Å². The minimum atomic E-state index is -0.114. The molecule has 0 aliphatic heterocycles. The SMILES string of the molecule is CCNCCNC(=O)c1cccc(C)n1.Cl.Cl. The summed E-state index contributed by atoms with van der Waals surface area (Å²) in [7, 11) is 0. The van der Waals surface area contributed by atoms with Crippen molar-refractivity contribution in [2.24, 2.45) is 0 Å². The second kappa shape index (κ2) is 10.3. The molecule has 1 heterocycles. The van der Waals surface area contributed by atoms with E-state index in [1.165, 1.54) is 0 Å². The number of pyridine rings is 1. The van der Waals surface area contributed by atoms with E-state index in [1.807, 2.05) is 26.0 Å². The molecule has 6 heteroatoms. The zero-order valence-corrected chi connectivity index (χ0v) is 11.7. The van der Waals surface area contributed by atoms with Crippen molar-refractivity contribution in [3.05, 3.63) is 29.6 Å². The molecule has 98 valence electrons. The molecule has 0 aliphatic rings. The molecule has 4 nitrogen and oxygen atoms in total. The first-order valence-corrected chi connectivity index (χ1v) is 5.16. The van der Waals surface area contributed by atoms with Crippen LogP contribution in [-0.4, -0.2) is 30.5 Å². The van der Waals surface area contributed by atoms with Gasteiger partial charge in [-0.3, -0.25) is 4.79 Å². The number of halogens is 2. The third-order valence-corrected chi connectivity index (χ3v) is 1.96. The Morgan fingerprint density at radius 3 is 2.59 bits per heavy atom. The quantitative estimate of drug-likeness (QED) is 0.805. The molecule has 0 bridgehead atoms. The fourth-order valence-electron chi connectivity index (χ4n) is 1.20. The predicted molar refractivity (Wildman–Crippen MR) is 74.3 cm³/mol. The summed E-state index contributed by atoms with van der Waals surface area (Å²) in [5.74, 6) is -0.114. The molecule has 0 fully saturated rings. The molecule has 1 aromatic heterocycles. The predicted octanol–water partition coefficient (Wildman–Crippen LogP) is 1.57. The number of aromatic nitrogens is 1. The molecule has 0 aliphatic carbocycles. The van der Waals surface area contributed by atoms with Gasteiger partial charge in [0.05, 0.1) is 0 Å². The molecule has 1 aromatic rings. The standard InChI is InChI=1S/C11H17N3O.2ClH/c1-3-12-7-8-13-11(15)10-6-4-5-9(2)14-10;;/h4-6,12H,3,7-8H2,1-2H3,(H,13,15);2*1H. The van der Waals surface area contributed by atoms with Gasteiger partial charge in [-0.05, 0) is 25.6 Å². The van der Waals surface area contributed by atoms with Gasteiger partial charge in [0, 0.05) is 18.8 Å². The topological polar surface area (TPSA) is 54.0 Å². The molecule has 0 saturated heterocycles. The van der Waals surface area contributed by atoms with Crippen LogP contribution in [0.2, 0.25) is 0 Å². The van der Waals surface area contributed by atoms with Crippen molar-refractivity contribution in [1.29, 1.82) is 0 Å². The third kappa shape index (κ3) is 7.15. The van der Waals surface area contributed by atoms with Gasteiger partial charge in [0.15, 0.2) is 0 Å². The second-order valence-corrected chi connectivity index (χ2v) is 3.27. The Hall–Kier alpha value is -0.840. The van der Waals surface area contributed by atoms with Crippen molar-refractivity contribution in [1.82, 2.24) is 15.6 Å². The summed E-state index contributed by atoms with van der Waals surface area (Å²) < 4.78 is 0. The fraction of sp³-hybridized carbons (Fsp3) is 0.455. The molecule has 1 rings (SSSR count). The van der Waals surface area contributed by atoms with Gasteiger partial charge < -0.3 is 10.6 Å². The van der Waals surface area contributed by atoms with Crippen LogP contribution in [0.3, 0.4) is 0 Å². The van der Waals surface area contributed by atoms with Gasteiger partial charge in [0.1, 0.15) is 5.69 Å². The monoisotopic (exact) mass is 279 g/mol. The van der Waals surface area contributed by atoms with Crippen molar-refractivity contribution >= 4 is 30.7 Å². The van der Waals surface area contributed by atoms with E-state index in [9.17, 15) is 4.79 Å². The first-order chi connectivity index (χ1) is 7.24. The van der Waals surface area contributed by atoms with E-state index in [1.54, 1.807) is 6.07 Å². The summed E-state index contributed by atoms with van der Waals surface area (Å²) in [6.45, 7) is 6.23. The van der Waals surface area contributed by atoms with Gasteiger partial charge in [0.2, 0.25) is 0 Å². The van der Waals surface area contributed by atoms with Crippen LogP contribution in [0, 0.1) is 6.92 Å². The fourth-order valence-corrected chi connectivity index (χ4v) is 1.20. The van der Waals surface area contributed by atoms with Crippen molar-refractivity contribution in [3.63, 3.8) is 0 Å². The van der Waals surface area contributed by atoms with Crippen LogP contribution < -0.4 is 10.6 Å². The van der Waals surface area contributed by atoms with Gasteiger partial charge in [-0.15, -0.1) is 24.8 Å². The average Bonchev–Trinajstić information content (AvgIpc) is 2.24. The van der Waals surface area contributed by atoms with E-state index < -0.39 is 0 Å². The maximum atomic E-state index is 11.6. The largest absolute Gasteiger partial charge is 0.349 e. The van der Waals surface area contributed by atoms with Crippen LogP contribution in [0.5, 0.6) is 0 Å². The summed E-state index contributed by atoms with van der Waals surface area (Å²) >= 11 is 0. The Labute approximate surface area is 114 Å². The zero-order chi connectivity index (χ0) is 11.1. The van der Waals surface area contributed by atoms with Crippen LogP contribution in [0.1, 0.15) is 23.1 Å². The Bertz CT molecular complexity index is 334. The van der Waals surface area contributed by atoms with Crippen LogP contribution >= 0.6 is 24.8 Å². The Morgan fingerprint density at radius 1 is 1.29 bits per heavy atom. The molecule has 0 radical (unpaired) electrons. The molecular formula is C11H19Cl2N3O. The van der Waals surface area contributed by atoms with Crippen LogP contribution in [0.25, 0.3) is 0 Å². The number of aryl methyl sites for hydroxylation is 1.